The lowest BCUT2D eigenvalue weighted by molar-refractivity contribution is -0.145. The fraction of sp³-hybridized carbons (Fsp3) is 0.632. The van der Waals surface area contributed by atoms with E-state index < -0.39 is 47.4 Å². The van der Waals surface area contributed by atoms with Crippen LogP contribution in [-0.4, -0.2) is 77.2 Å². The number of alkyl carbamates (subject to hydrolysis) is 1. The third-order valence-electron chi connectivity index (χ3n) is 10.3. The van der Waals surface area contributed by atoms with E-state index in [0.29, 0.717) is 19.5 Å². The van der Waals surface area contributed by atoms with Gasteiger partial charge in [-0.1, -0.05) is 69.5 Å². The first-order valence-electron chi connectivity index (χ1n) is 18.0. The lowest BCUT2D eigenvalue weighted by atomic mass is 9.83. The zero-order valence-corrected chi connectivity index (χ0v) is 30.2. The average molecular weight is 694 g/mol. The third kappa shape index (κ3) is 9.94. The van der Waals surface area contributed by atoms with E-state index in [-0.39, 0.29) is 54.4 Å². The predicted octanol–water partition coefficient (Wildman–Crippen LogP) is 3.79. The molecular formula is C38H55N5O7. The highest BCUT2D eigenvalue weighted by molar-refractivity contribution is 6.38. The van der Waals surface area contributed by atoms with Gasteiger partial charge in [0.05, 0.1) is 6.04 Å². The first-order chi connectivity index (χ1) is 23.6. The molecule has 2 saturated carbocycles. The molecule has 3 aliphatic rings. The molecule has 3 fully saturated rings. The summed E-state index contributed by atoms with van der Waals surface area (Å²) < 4.78 is 5.51. The highest BCUT2D eigenvalue weighted by Gasteiger charge is 2.69. The van der Waals surface area contributed by atoms with E-state index in [2.05, 4.69) is 41.7 Å². The van der Waals surface area contributed by atoms with Crippen LogP contribution < -0.4 is 21.3 Å². The number of Topliss-reactive ketones (excluding diaryl/α,β-unsaturated/α-hetero) is 1. The number of rotatable bonds is 15. The number of hydrogen-bond acceptors (Lipinski definition) is 7. The Morgan fingerprint density at radius 3 is 2.32 bits per heavy atom. The van der Waals surface area contributed by atoms with Gasteiger partial charge in [-0.3, -0.25) is 24.0 Å². The van der Waals surface area contributed by atoms with Gasteiger partial charge in [-0.05, 0) is 75.2 Å². The number of benzene rings is 1. The molecule has 4 rings (SSSR count). The summed E-state index contributed by atoms with van der Waals surface area (Å²) in [7, 11) is 0. The number of nitrogens with one attached hydrogen (secondary N) is 4. The van der Waals surface area contributed by atoms with E-state index in [0.717, 1.165) is 37.7 Å². The molecule has 4 N–H and O–H groups in total. The second-order valence-corrected chi connectivity index (χ2v) is 15.5. The van der Waals surface area contributed by atoms with Gasteiger partial charge in [0.1, 0.15) is 17.7 Å². The van der Waals surface area contributed by atoms with E-state index in [4.69, 9.17) is 4.74 Å². The Morgan fingerprint density at radius 1 is 1.00 bits per heavy atom. The number of nitrogens with zero attached hydrogens (tertiary/aromatic N) is 1. The van der Waals surface area contributed by atoms with Crippen molar-refractivity contribution in [3.8, 4) is 0 Å². The largest absolute Gasteiger partial charge is 0.444 e. The first kappa shape index (κ1) is 38.6. The van der Waals surface area contributed by atoms with Gasteiger partial charge in [0, 0.05) is 26.1 Å². The molecule has 2 aliphatic carbocycles. The summed E-state index contributed by atoms with van der Waals surface area (Å²) in [6.07, 6.45) is 5.90. The normalized spacial score (nSPS) is 22.3. The number of fused-ring (bicyclic) bond motifs is 1. The summed E-state index contributed by atoms with van der Waals surface area (Å²) in [6, 6.07) is 6.53. The van der Waals surface area contributed by atoms with Crippen LogP contribution in [0.15, 0.2) is 43.0 Å². The molecule has 5 amide bonds. The number of likely N-dealkylation sites (tertiary alicyclic amines) is 1. The second kappa shape index (κ2) is 16.7. The topological polar surface area (TPSA) is 163 Å². The first-order valence-corrected chi connectivity index (χ1v) is 18.0. The average Bonchev–Trinajstić information content (AvgIpc) is 3.38. The Bertz CT molecular complexity index is 1420. The lowest BCUT2D eigenvalue weighted by Crippen LogP contribution is -2.59. The number of allylic oxidation sites excluding steroid dienone is 1. The molecular weight excluding hydrogens is 638 g/mol. The highest BCUT2D eigenvalue weighted by Crippen LogP contribution is 2.65. The monoisotopic (exact) mass is 693 g/mol. The van der Waals surface area contributed by atoms with Crippen molar-refractivity contribution >= 4 is 35.5 Å². The Kier molecular flexibility index (Phi) is 12.9. The molecule has 50 heavy (non-hydrogen) atoms. The summed E-state index contributed by atoms with van der Waals surface area (Å²) in [4.78, 5) is 81.5. The summed E-state index contributed by atoms with van der Waals surface area (Å²) >= 11 is 0. The number of piperidine rings is 1. The Hall–Kier alpha value is -4.22. The van der Waals surface area contributed by atoms with Crippen LogP contribution in [0.25, 0.3) is 0 Å². The zero-order valence-electron chi connectivity index (χ0n) is 30.2. The molecule has 1 aliphatic heterocycles. The smallest absolute Gasteiger partial charge is 0.408 e. The van der Waals surface area contributed by atoms with Gasteiger partial charge in [0.25, 0.3) is 5.91 Å². The van der Waals surface area contributed by atoms with Gasteiger partial charge in [0.15, 0.2) is 0 Å². The van der Waals surface area contributed by atoms with Crippen molar-refractivity contribution in [1.29, 1.82) is 0 Å². The minimum atomic E-state index is -1.15. The number of carbonyl (C=O) groups excluding carboxylic acids is 6. The molecule has 0 unspecified atom stereocenters. The summed E-state index contributed by atoms with van der Waals surface area (Å²) in [5.41, 5.74) is -0.00953. The molecule has 0 radical (unpaired) electrons. The quantitative estimate of drug-likeness (QED) is 0.161. The number of carbonyl (C=O) groups is 6. The van der Waals surface area contributed by atoms with Gasteiger partial charge in [-0.2, -0.15) is 0 Å². The standard InChI is InChI=1S/C38H55N5O7/c1-7-8-19-27(32(45)34(47)39-21-20-28(44)40-22-24-15-11-9-12-16-24)41-33(46)31-29-26(38(29,5)6)23-43(31)35(48)30(25-17-13-10-14-18-25)42-36(49)50-37(2,3)4/h7,9,11-12,15-16,25-27,29-31H,1,8,10,13-14,17-23H2,2-6H3,(H,39,47)(H,40,44)(H,41,46)(H,42,49)/t26-,27-,29-,30-,31-/m0/s1. The van der Waals surface area contributed by atoms with Crippen LogP contribution in [-0.2, 0) is 35.3 Å². The van der Waals surface area contributed by atoms with Crippen molar-refractivity contribution in [3.63, 3.8) is 0 Å². The van der Waals surface area contributed by atoms with Crippen LogP contribution in [0, 0.1) is 23.2 Å². The van der Waals surface area contributed by atoms with Gasteiger partial charge >= 0.3 is 6.09 Å². The maximum Gasteiger partial charge on any atom is 0.408 e. The van der Waals surface area contributed by atoms with E-state index in [9.17, 15) is 28.8 Å². The van der Waals surface area contributed by atoms with Crippen molar-refractivity contribution in [1.82, 2.24) is 26.2 Å². The summed E-state index contributed by atoms with van der Waals surface area (Å²) in [5.74, 6) is -3.01. The number of amides is 5. The van der Waals surface area contributed by atoms with Gasteiger partial charge in [0.2, 0.25) is 23.5 Å². The van der Waals surface area contributed by atoms with Crippen LogP contribution in [0.2, 0.25) is 0 Å². The molecule has 1 aromatic carbocycles. The maximum absolute atomic E-state index is 14.3. The van der Waals surface area contributed by atoms with E-state index >= 15 is 0 Å². The molecule has 1 heterocycles. The summed E-state index contributed by atoms with van der Waals surface area (Å²) in [5, 5.41) is 10.9. The molecule has 0 spiro atoms. The SMILES string of the molecule is C=CCC[C@H](NC(=O)[C@@H]1[C@@H]2[C@H](CN1C(=O)[C@@H](NC(=O)OC(C)(C)C)C1CCCCC1)C2(C)C)C(=O)C(=O)NCCC(=O)NCc1ccccc1. The van der Waals surface area contributed by atoms with E-state index in [1.165, 1.54) is 0 Å². The van der Waals surface area contributed by atoms with Crippen molar-refractivity contribution in [2.24, 2.45) is 23.2 Å². The Morgan fingerprint density at radius 2 is 1.68 bits per heavy atom. The lowest BCUT2D eigenvalue weighted by Gasteiger charge is -2.37. The van der Waals surface area contributed by atoms with Crippen LogP contribution in [0.4, 0.5) is 4.79 Å². The van der Waals surface area contributed by atoms with Gasteiger partial charge in [-0.25, -0.2) is 4.79 Å². The highest BCUT2D eigenvalue weighted by atomic mass is 16.6. The van der Waals surface area contributed by atoms with E-state index in [1.807, 2.05) is 30.3 Å². The van der Waals surface area contributed by atoms with Gasteiger partial charge in [-0.15, -0.1) is 6.58 Å². The zero-order chi connectivity index (χ0) is 36.6. The van der Waals surface area contributed by atoms with Gasteiger partial charge < -0.3 is 30.9 Å². The molecule has 1 saturated heterocycles. The Labute approximate surface area is 295 Å². The van der Waals surface area contributed by atoms with Crippen molar-refractivity contribution in [2.75, 3.05) is 13.1 Å². The molecule has 5 atom stereocenters. The molecule has 0 aromatic heterocycles. The van der Waals surface area contributed by atoms with Crippen LogP contribution >= 0.6 is 0 Å². The van der Waals surface area contributed by atoms with Crippen LogP contribution in [0.3, 0.4) is 0 Å². The minimum absolute atomic E-state index is 0.0215. The molecule has 12 heteroatoms. The number of hydrogen-bond donors (Lipinski definition) is 4. The maximum atomic E-state index is 14.3. The summed E-state index contributed by atoms with van der Waals surface area (Å²) in [6.45, 7) is 13.8. The number of ether oxygens (including phenoxy) is 1. The van der Waals surface area contributed by atoms with Crippen molar-refractivity contribution in [3.05, 3.63) is 48.6 Å². The van der Waals surface area contributed by atoms with E-state index in [1.54, 1.807) is 31.7 Å². The molecule has 0 bridgehead atoms. The third-order valence-corrected chi connectivity index (χ3v) is 10.3. The molecule has 12 nitrogen and oxygen atoms in total. The van der Waals surface area contributed by atoms with Crippen LogP contribution in [0.1, 0.15) is 91.5 Å². The van der Waals surface area contributed by atoms with Crippen LogP contribution in [0.5, 0.6) is 0 Å². The van der Waals surface area contributed by atoms with Crippen molar-refractivity contribution < 1.29 is 33.5 Å². The fourth-order valence-electron chi connectivity index (χ4n) is 7.51. The molecule has 1 aromatic rings. The van der Waals surface area contributed by atoms with Crippen molar-refractivity contribution in [2.45, 2.75) is 116 Å². The fourth-order valence-corrected chi connectivity index (χ4v) is 7.51. The number of ketones is 1. The second-order valence-electron chi connectivity index (χ2n) is 15.5. The Balaban J connectivity index is 1.43. The minimum Gasteiger partial charge on any atom is -0.444 e. The molecule has 274 valence electrons. The predicted molar refractivity (Wildman–Crippen MR) is 188 cm³/mol.